The van der Waals surface area contributed by atoms with Gasteiger partial charge in [-0.05, 0) is 37.0 Å². The number of nitrogens with zero attached hydrogens (tertiary/aromatic N) is 2. The van der Waals surface area contributed by atoms with E-state index in [1.165, 1.54) is 12.1 Å². The minimum Gasteiger partial charge on any atom is -0.449 e. The zero-order valence-corrected chi connectivity index (χ0v) is 14.5. The average molecular weight is 336 g/mol. The maximum atomic E-state index is 13.4. The minimum atomic E-state index is -0.419. The van der Waals surface area contributed by atoms with Gasteiger partial charge < -0.3 is 14.5 Å². The van der Waals surface area contributed by atoms with Crippen molar-refractivity contribution in [1.82, 2.24) is 9.80 Å². The molecule has 1 saturated heterocycles. The van der Waals surface area contributed by atoms with Crippen LogP contribution in [0.5, 0.6) is 0 Å². The number of aryl methyl sites for hydroxylation is 1. The van der Waals surface area contributed by atoms with Crippen LogP contribution < -0.4 is 0 Å². The van der Waals surface area contributed by atoms with E-state index < -0.39 is 5.82 Å². The molecule has 24 heavy (non-hydrogen) atoms. The molecule has 2 amide bonds. The highest BCUT2D eigenvalue weighted by Gasteiger charge is 2.24. The Morgan fingerprint density at radius 1 is 1.17 bits per heavy atom. The summed E-state index contributed by atoms with van der Waals surface area (Å²) in [5.74, 6) is -0.322. The van der Waals surface area contributed by atoms with Crippen LogP contribution in [-0.4, -0.2) is 54.6 Å². The second kappa shape index (κ2) is 8.13. The third kappa shape index (κ3) is 4.69. The largest absolute Gasteiger partial charge is 0.449 e. The number of carbonyl (C=O) groups is 2. The molecule has 5 nitrogen and oxygen atoms in total. The molecule has 1 aromatic carbocycles. The van der Waals surface area contributed by atoms with Gasteiger partial charge in [-0.1, -0.05) is 19.9 Å². The summed E-state index contributed by atoms with van der Waals surface area (Å²) in [6.07, 6.45) is 0.344. The van der Waals surface area contributed by atoms with Gasteiger partial charge in [0.1, 0.15) is 5.82 Å². The Kier molecular flexibility index (Phi) is 6.17. The van der Waals surface area contributed by atoms with Gasteiger partial charge in [0, 0.05) is 31.7 Å². The van der Waals surface area contributed by atoms with Crippen molar-refractivity contribution < 1.29 is 18.7 Å². The molecule has 0 saturated carbocycles. The number of rotatable bonds is 3. The van der Waals surface area contributed by atoms with Gasteiger partial charge in [0.15, 0.2) is 0 Å². The van der Waals surface area contributed by atoms with E-state index in [1.54, 1.807) is 22.8 Å². The summed E-state index contributed by atoms with van der Waals surface area (Å²) in [5.41, 5.74) is 1.13. The van der Waals surface area contributed by atoms with Crippen LogP contribution in [0.25, 0.3) is 0 Å². The Morgan fingerprint density at radius 2 is 1.83 bits per heavy atom. The standard InChI is InChI=1S/C18H25FN2O3/c1-13(2)12-24-18(23)21-8-4-7-20(9-10-21)17(22)16-11-15(19)6-5-14(16)3/h5-6,11,13H,4,7-10,12H2,1-3H3. The molecule has 1 fully saturated rings. The molecule has 2 rings (SSSR count). The number of hydrogen-bond acceptors (Lipinski definition) is 3. The Labute approximate surface area is 142 Å². The summed E-state index contributed by atoms with van der Waals surface area (Å²) in [6.45, 7) is 8.10. The molecule has 1 aliphatic heterocycles. The summed E-state index contributed by atoms with van der Waals surface area (Å²) in [7, 11) is 0. The lowest BCUT2D eigenvalue weighted by atomic mass is 10.1. The van der Waals surface area contributed by atoms with Gasteiger partial charge in [0.2, 0.25) is 0 Å². The molecule has 1 heterocycles. The van der Waals surface area contributed by atoms with Crippen molar-refractivity contribution in [3.05, 3.63) is 35.1 Å². The smallest absolute Gasteiger partial charge is 0.409 e. The fourth-order valence-corrected chi connectivity index (χ4v) is 2.63. The third-order valence-electron chi connectivity index (χ3n) is 4.01. The van der Waals surface area contributed by atoms with Gasteiger partial charge in [-0.3, -0.25) is 4.79 Å². The van der Waals surface area contributed by atoms with Crippen LogP contribution in [0, 0.1) is 18.7 Å². The monoisotopic (exact) mass is 336 g/mol. The topological polar surface area (TPSA) is 49.9 Å². The zero-order chi connectivity index (χ0) is 17.7. The van der Waals surface area contributed by atoms with Crippen LogP contribution in [0.15, 0.2) is 18.2 Å². The van der Waals surface area contributed by atoms with E-state index >= 15 is 0 Å². The van der Waals surface area contributed by atoms with Crippen molar-refractivity contribution in [2.75, 3.05) is 32.8 Å². The highest BCUT2D eigenvalue weighted by Crippen LogP contribution is 2.15. The van der Waals surface area contributed by atoms with Crippen LogP contribution in [-0.2, 0) is 4.74 Å². The molecular formula is C18H25FN2O3. The summed E-state index contributed by atoms with van der Waals surface area (Å²) < 4.78 is 18.7. The van der Waals surface area contributed by atoms with Crippen LogP contribution >= 0.6 is 0 Å². The van der Waals surface area contributed by atoms with E-state index in [1.807, 2.05) is 13.8 Å². The zero-order valence-electron chi connectivity index (χ0n) is 14.5. The van der Waals surface area contributed by atoms with Crippen molar-refractivity contribution in [1.29, 1.82) is 0 Å². The molecule has 0 N–H and O–H groups in total. The first-order valence-corrected chi connectivity index (χ1v) is 8.35. The number of benzene rings is 1. The SMILES string of the molecule is Cc1ccc(F)cc1C(=O)N1CCCN(C(=O)OCC(C)C)CC1. The summed E-state index contributed by atoms with van der Waals surface area (Å²) >= 11 is 0. The highest BCUT2D eigenvalue weighted by molar-refractivity contribution is 5.95. The van der Waals surface area contributed by atoms with Crippen LogP contribution in [0.1, 0.15) is 36.2 Å². The molecule has 1 aliphatic rings. The van der Waals surface area contributed by atoms with Crippen molar-refractivity contribution >= 4 is 12.0 Å². The minimum absolute atomic E-state index is 0.190. The summed E-state index contributed by atoms with van der Waals surface area (Å²) in [5, 5.41) is 0. The molecular weight excluding hydrogens is 311 g/mol. The van der Waals surface area contributed by atoms with E-state index in [4.69, 9.17) is 4.74 Å². The quantitative estimate of drug-likeness (QED) is 0.852. The maximum absolute atomic E-state index is 13.4. The van der Waals surface area contributed by atoms with Crippen molar-refractivity contribution in [3.8, 4) is 0 Å². The molecule has 0 aromatic heterocycles. The predicted molar refractivity (Wildman–Crippen MR) is 89.4 cm³/mol. The third-order valence-corrected chi connectivity index (χ3v) is 4.01. The predicted octanol–water partition coefficient (Wildman–Crippen LogP) is 3.07. The second-order valence-corrected chi connectivity index (χ2v) is 6.56. The van der Waals surface area contributed by atoms with E-state index in [-0.39, 0.29) is 17.9 Å². The number of amides is 2. The van der Waals surface area contributed by atoms with Crippen LogP contribution in [0.2, 0.25) is 0 Å². The maximum Gasteiger partial charge on any atom is 0.409 e. The van der Waals surface area contributed by atoms with Gasteiger partial charge in [-0.15, -0.1) is 0 Å². The van der Waals surface area contributed by atoms with Gasteiger partial charge in [-0.25, -0.2) is 9.18 Å². The molecule has 6 heteroatoms. The molecule has 0 aliphatic carbocycles. The van der Waals surface area contributed by atoms with E-state index in [0.717, 1.165) is 5.56 Å². The molecule has 0 radical (unpaired) electrons. The number of halogens is 1. The van der Waals surface area contributed by atoms with Crippen molar-refractivity contribution in [2.24, 2.45) is 5.92 Å². The molecule has 1 aromatic rings. The fraction of sp³-hybridized carbons (Fsp3) is 0.556. The summed E-state index contributed by atoms with van der Waals surface area (Å²) in [4.78, 5) is 28.0. The van der Waals surface area contributed by atoms with Crippen molar-refractivity contribution in [2.45, 2.75) is 27.2 Å². The Balaban J connectivity index is 1.98. The first kappa shape index (κ1) is 18.2. The Bertz CT molecular complexity index is 604. The van der Waals surface area contributed by atoms with Gasteiger partial charge in [-0.2, -0.15) is 0 Å². The molecule has 0 atom stereocenters. The number of carbonyl (C=O) groups excluding carboxylic acids is 2. The lowest BCUT2D eigenvalue weighted by molar-refractivity contribution is 0.0745. The number of ether oxygens (including phenoxy) is 1. The average Bonchev–Trinajstić information content (AvgIpc) is 2.80. The fourth-order valence-electron chi connectivity index (χ4n) is 2.63. The van der Waals surface area contributed by atoms with E-state index in [9.17, 15) is 14.0 Å². The van der Waals surface area contributed by atoms with Gasteiger partial charge >= 0.3 is 6.09 Å². The molecule has 0 bridgehead atoms. The van der Waals surface area contributed by atoms with E-state index in [0.29, 0.717) is 44.8 Å². The number of hydrogen-bond donors (Lipinski definition) is 0. The lowest BCUT2D eigenvalue weighted by Crippen LogP contribution is -2.38. The van der Waals surface area contributed by atoms with Gasteiger partial charge in [0.25, 0.3) is 5.91 Å². The Morgan fingerprint density at radius 3 is 2.54 bits per heavy atom. The molecule has 0 spiro atoms. The summed E-state index contributed by atoms with van der Waals surface area (Å²) in [6, 6.07) is 4.23. The second-order valence-electron chi connectivity index (χ2n) is 6.56. The first-order valence-electron chi connectivity index (χ1n) is 8.35. The van der Waals surface area contributed by atoms with E-state index in [2.05, 4.69) is 0 Å². The lowest BCUT2D eigenvalue weighted by Gasteiger charge is -2.22. The van der Waals surface area contributed by atoms with Crippen LogP contribution in [0.3, 0.4) is 0 Å². The normalized spacial score (nSPS) is 15.4. The molecule has 0 unspecified atom stereocenters. The van der Waals surface area contributed by atoms with Gasteiger partial charge in [0.05, 0.1) is 6.61 Å². The first-order chi connectivity index (χ1) is 11.4. The highest BCUT2D eigenvalue weighted by atomic mass is 19.1. The molecule has 132 valence electrons. The van der Waals surface area contributed by atoms with Crippen molar-refractivity contribution in [3.63, 3.8) is 0 Å². The Hall–Kier alpha value is -2.11. The van der Waals surface area contributed by atoms with Crippen LogP contribution in [0.4, 0.5) is 9.18 Å².